The number of amides is 1. The van der Waals surface area contributed by atoms with Crippen molar-refractivity contribution in [1.82, 2.24) is 10.3 Å². The minimum atomic E-state index is -0.108. The van der Waals surface area contributed by atoms with Gasteiger partial charge in [-0.25, -0.2) is 4.98 Å². The van der Waals surface area contributed by atoms with Crippen LogP contribution in [0.3, 0.4) is 0 Å². The summed E-state index contributed by atoms with van der Waals surface area (Å²) in [7, 11) is 0. The number of thiocarbonyl (C=S) groups is 1. The molecule has 0 aromatic carbocycles. The van der Waals surface area contributed by atoms with Gasteiger partial charge in [-0.05, 0) is 46.9 Å². The lowest BCUT2D eigenvalue weighted by atomic mass is 10.2. The van der Waals surface area contributed by atoms with Crippen LogP contribution in [-0.4, -0.2) is 16.0 Å². The highest BCUT2D eigenvalue weighted by atomic mass is 127. The van der Waals surface area contributed by atoms with E-state index in [1.165, 1.54) is 0 Å². The molecule has 0 atom stereocenters. The number of rotatable bonds is 2. The number of halogens is 1. The van der Waals surface area contributed by atoms with E-state index < -0.39 is 0 Å². The van der Waals surface area contributed by atoms with E-state index in [9.17, 15) is 4.79 Å². The van der Waals surface area contributed by atoms with E-state index in [4.69, 9.17) is 12.2 Å². The summed E-state index contributed by atoms with van der Waals surface area (Å²) in [5.74, 6) is 0.418. The predicted molar refractivity (Wildman–Crippen MR) is 76.2 cm³/mol. The molecule has 0 unspecified atom stereocenters. The highest BCUT2D eigenvalue weighted by Crippen LogP contribution is 2.06. The summed E-state index contributed by atoms with van der Waals surface area (Å²) in [6.07, 6.45) is 1.72. The van der Waals surface area contributed by atoms with Gasteiger partial charge in [-0.15, -0.1) is 0 Å². The second kappa shape index (κ2) is 6.09. The summed E-state index contributed by atoms with van der Waals surface area (Å²) in [5.41, 5.74) is 0. The molecule has 0 saturated heterocycles. The largest absolute Gasteiger partial charge is 0.317 e. The molecule has 2 N–H and O–H groups in total. The molecule has 0 radical (unpaired) electrons. The normalized spacial score (nSPS) is 10.0. The molecule has 1 amide bonds. The molecule has 0 aliphatic rings. The van der Waals surface area contributed by atoms with Crippen LogP contribution in [0.25, 0.3) is 0 Å². The van der Waals surface area contributed by atoms with Crippen molar-refractivity contribution in [2.45, 2.75) is 13.8 Å². The number of hydrogen-bond acceptors (Lipinski definition) is 3. The number of carbonyl (C=O) groups excluding carboxylic acids is 1. The van der Waals surface area contributed by atoms with Crippen LogP contribution in [0.2, 0.25) is 0 Å². The van der Waals surface area contributed by atoms with Crippen LogP contribution in [0.15, 0.2) is 18.3 Å². The Balaban J connectivity index is 2.52. The van der Waals surface area contributed by atoms with Crippen molar-refractivity contribution in [3.8, 4) is 0 Å². The Morgan fingerprint density at radius 1 is 1.50 bits per heavy atom. The van der Waals surface area contributed by atoms with E-state index in [0.717, 1.165) is 3.57 Å². The van der Waals surface area contributed by atoms with Crippen molar-refractivity contribution in [3.05, 3.63) is 21.9 Å². The molecule has 16 heavy (non-hydrogen) atoms. The van der Waals surface area contributed by atoms with Crippen LogP contribution in [0, 0.1) is 9.49 Å². The van der Waals surface area contributed by atoms with Gasteiger partial charge in [0.1, 0.15) is 5.82 Å². The smallest absolute Gasteiger partial charge is 0.228 e. The molecule has 0 aliphatic carbocycles. The van der Waals surface area contributed by atoms with Crippen molar-refractivity contribution in [2.24, 2.45) is 5.92 Å². The third kappa shape index (κ3) is 4.40. The fourth-order valence-electron chi connectivity index (χ4n) is 0.854. The van der Waals surface area contributed by atoms with Gasteiger partial charge in [-0.3, -0.25) is 4.79 Å². The maximum Gasteiger partial charge on any atom is 0.228 e. The third-order valence-electron chi connectivity index (χ3n) is 1.73. The number of hydrogen-bond donors (Lipinski definition) is 2. The summed E-state index contributed by atoms with van der Waals surface area (Å²) < 4.78 is 1.04. The molecule has 4 nitrogen and oxygen atoms in total. The van der Waals surface area contributed by atoms with Crippen molar-refractivity contribution < 1.29 is 4.79 Å². The van der Waals surface area contributed by atoms with Gasteiger partial charge in [-0.2, -0.15) is 0 Å². The van der Waals surface area contributed by atoms with Gasteiger partial charge in [0.05, 0.1) is 0 Å². The molecule has 0 saturated carbocycles. The van der Waals surface area contributed by atoms with Crippen LogP contribution >= 0.6 is 34.8 Å². The van der Waals surface area contributed by atoms with Gasteiger partial charge >= 0.3 is 0 Å². The molecule has 0 bridgehead atoms. The van der Waals surface area contributed by atoms with Crippen LogP contribution in [-0.2, 0) is 4.79 Å². The van der Waals surface area contributed by atoms with Gasteiger partial charge in [0, 0.05) is 15.7 Å². The number of pyridine rings is 1. The van der Waals surface area contributed by atoms with Gasteiger partial charge < -0.3 is 10.6 Å². The minimum Gasteiger partial charge on any atom is -0.317 e. The molecule has 1 rings (SSSR count). The van der Waals surface area contributed by atoms with E-state index in [-0.39, 0.29) is 16.9 Å². The fourth-order valence-corrected chi connectivity index (χ4v) is 1.38. The molecule has 1 heterocycles. The van der Waals surface area contributed by atoms with E-state index in [1.54, 1.807) is 26.1 Å². The van der Waals surface area contributed by atoms with Gasteiger partial charge in [0.2, 0.25) is 5.91 Å². The van der Waals surface area contributed by atoms with Crippen molar-refractivity contribution in [3.63, 3.8) is 0 Å². The Kier molecular flexibility index (Phi) is 5.07. The monoisotopic (exact) mass is 349 g/mol. The highest BCUT2D eigenvalue weighted by molar-refractivity contribution is 14.1. The van der Waals surface area contributed by atoms with Crippen LogP contribution < -0.4 is 10.6 Å². The molecule has 0 aliphatic heterocycles. The predicted octanol–water partition coefficient (Wildman–Crippen LogP) is 2.16. The van der Waals surface area contributed by atoms with Crippen molar-refractivity contribution >= 4 is 51.6 Å². The van der Waals surface area contributed by atoms with Crippen molar-refractivity contribution in [2.75, 3.05) is 5.32 Å². The Bertz CT molecular complexity index is 392. The lowest BCUT2D eigenvalue weighted by molar-refractivity contribution is -0.122. The van der Waals surface area contributed by atoms with E-state index in [1.807, 2.05) is 6.07 Å². The molecule has 1 aromatic heterocycles. The molecule has 6 heteroatoms. The minimum absolute atomic E-state index is 0.0931. The van der Waals surface area contributed by atoms with E-state index in [0.29, 0.717) is 5.82 Å². The number of carbonyl (C=O) groups is 1. The maximum absolute atomic E-state index is 11.3. The molecular formula is C10H12IN3OS. The summed E-state index contributed by atoms with van der Waals surface area (Å²) in [4.78, 5) is 15.5. The maximum atomic E-state index is 11.3. The number of aromatic nitrogens is 1. The molecular weight excluding hydrogens is 337 g/mol. The second-order valence-electron chi connectivity index (χ2n) is 3.46. The molecule has 1 aromatic rings. The van der Waals surface area contributed by atoms with E-state index in [2.05, 4.69) is 38.2 Å². The van der Waals surface area contributed by atoms with Crippen LogP contribution in [0.1, 0.15) is 13.8 Å². The van der Waals surface area contributed by atoms with Crippen LogP contribution in [0.5, 0.6) is 0 Å². The average Bonchev–Trinajstić information content (AvgIpc) is 2.21. The Labute approximate surface area is 113 Å². The zero-order chi connectivity index (χ0) is 12.1. The van der Waals surface area contributed by atoms with Crippen LogP contribution in [0.4, 0.5) is 5.82 Å². The summed E-state index contributed by atoms with van der Waals surface area (Å²) in [6.45, 7) is 3.61. The first-order valence-corrected chi connectivity index (χ1v) is 6.21. The fraction of sp³-hybridized carbons (Fsp3) is 0.300. The second-order valence-corrected chi connectivity index (χ2v) is 5.11. The summed E-state index contributed by atoms with van der Waals surface area (Å²) in [6, 6.07) is 3.71. The highest BCUT2D eigenvalue weighted by Gasteiger charge is 2.08. The molecule has 0 spiro atoms. The zero-order valence-corrected chi connectivity index (χ0v) is 11.9. The van der Waals surface area contributed by atoms with Crippen molar-refractivity contribution in [1.29, 1.82) is 0 Å². The molecule has 86 valence electrons. The SMILES string of the molecule is CC(C)C(=O)NC(=S)Nc1ccc(I)cn1. The first-order valence-electron chi connectivity index (χ1n) is 4.72. The molecule has 0 fully saturated rings. The average molecular weight is 349 g/mol. The summed E-state index contributed by atoms with van der Waals surface area (Å²) >= 11 is 7.15. The number of anilines is 1. The first kappa shape index (κ1) is 13.3. The summed E-state index contributed by atoms with van der Waals surface area (Å²) in [5, 5.41) is 5.69. The zero-order valence-electron chi connectivity index (χ0n) is 8.95. The third-order valence-corrected chi connectivity index (χ3v) is 2.57. The number of nitrogens with one attached hydrogen (secondary N) is 2. The van der Waals surface area contributed by atoms with Gasteiger partial charge in [-0.1, -0.05) is 13.8 Å². The first-order chi connectivity index (χ1) is 7.49. The quantitative estimate of drug-likeness (QED) is 0.635. The standard InChI is InChI=1S/C10H12IN3OS/c1-6(2)9(15)14-10(16)13-8-4-3-7(11)5-12-8/h3-6H,1-2H3,(H2,12,13,14,15,16). The lowest BCUT2D eigenvalue weighted by Crippen LogP contribution is -2.36. The lowest BCUT2D eigenvalue weighted by Gasteiger charge is -2.10. The van der Waals surface area contributed by atoms with Gasteiger partial charge in [0.25, 0.3) is 0 Å². The Morgan fingerprint density at radius 2 is 2.19 bits per heavy atom. The Morgan fingerprint density at radius 3 is 2.69 bits per heavy atom. The number of nitrogens with zero attached hydrogens (tertiary/aromatic N) is 1. The topological polar surface area (TPSA) is 54.0 Å². The van der Waals surface area contributed by atoms with E-state index >= 15 is 0 Å². The van der Waals surface area contributed by atoms with Gasteiger partial charge in [0.15, 0.2) is 5.11 Å². The Hall–Kier alpha value is -0.760.